The molecule has 2 amide bonds. The highest BCUT2D eigenvalue weighted by Crippen LogP contribution is 2.02. The smallest absolute Gasteiger partial charge is 0.421 e. The van der Waals surface area contributed by atoms with Gasteiger partial charge in [0.05, 0.1) is 6.54 Å². The summed E-state index contributed by atoms with van der Waals surface area (Å²) >= 11 is 4.06. The maximum absolute atomic E-state index is 11.3. The molecule has 0 aromatic heterocycles. The normalized spacial score (nSPS) is 9.70. The topological polar surface area (TPSA) is 120 Å². The molecule has 0 saturated heterocycles. The number of carbonyl (C=O) groups is 3. The number of hydrazine groups is 1. The molecule has 0 aromatic carbocycles. The van der Waals surface area contributed by atoms with Gasteiger partial charge in [0.15, 0.2) is 6.61 Å². The van der Waals surface area contributed by atoms with E-state index in [0.717, 1.165) is 25.0 Å². The van der Waals surface area contributed by atoms with Crippen molar-refractivity contribution in [1.29, 1.82) is 0 Å². The Morgan fingerprint density at radius 2 is 1.85 bits per heavy atom. The minimum absolute atomic E-state index is 0.0214. The van der Waals surface area contributed by atoms with Crippen molar-refractivity contribution in [3.8, 4) is 0 Å². The standard InChI is InChI=1S/C11H21N3O5S/c12-14-11(17)18-6-5-13-9(15)8-19-10(16)4-2-1-3-7-20/h20H,1-8,12H2,(H,13,15)(H,14,17). The molecule has 0 unspecified atom stereocenters. The van der Waals surface area contributed by atoms with Gasteiger partial charge in [0, 0.05) is 6.42 Å². The Morgan fingerprint density at radius 1 is 1.10 bits per heavy atom. The number of ether oxygens (including phenoxy) is 2. The van der Waals surface area contributed by atoms with Gasteiger partial charge in [-0.1, -0.05) is 6.42 Å². The predicted molar refractivity (Wildman–Crippen MR) is 75.0 cm³/mol. The van der Waals surface area contributed by atoms with Crippen LogP contribution in [0.25, 0.3) is 0 Å². The summed E-state index contributed by atoms with van der Waals surface area (Å²) in [7, 11) is 0. The van der Waals surface area contributed by atoms with Crippen LogP contribution in [0.3, 0.4) is 0 Å². The number of esters is 1. The molecule has 0 aliphatic carbocycles. The number of thiol groups is 1. The minimum Gasteiger partial charge on any atom is -0.456 e. The molecule has 0 saturated carbocycles. The molecule has 0 spiro atoms. The summed E-state index contributed by atoms with van der Waals surface area (Å²) in [6, 6.07) is 0. The van der Waals surface area contributed by atoms with E-state index in [1.54, 1.807) is 5.43 Å². The summed E-state index contributed by atoms with van der Waals surface area (Å²) in [5.41, 5.74) is 1.77. The van der Waals surface area contributed by atoms with E-state index >= 15 is 0 Å². The summed E-state index contributed by atoms with van der Waals surface area (Å²) in [5.74, 6) is 4.72. The van der Waals surface area contributed by atoms with E-state index < -0.39 is 18.0 Å². The lowest BCUT2D eigenvalue weighted by molar-refractivity contribution is -0.148. The van der Waals surface area contributed by atoms with Crippen LogP contribution < -0.4 is 16.6 Å². The number of nitrogens with two attached hydrogens (primary N) is 1. The molecule has 0 aliphatic rings. The Labute approximate surface area is 123 Å². The molecule has 0 heterocycles. The van der Waals surface area contributed by atoms with Crippen molar-refractivity contribution in [3.05, 3.63) is 0 Å². The lowest BCUT2D eigenvalue weighted by Crippen LogP contribution is -2.35. The van der Waals surface area contributed by atoms with Gasteiger partial charge in [-0.3, -0.25) is 15.0 Å². The minimum atomic E-state index is -0.785. The second-order valence-electron chi connectivity index (χ2n) is 3.83. The Bertz CT molecular complexity index is 314. The van der Waals surface area contributed by atoms with Gasteiger partial charge >= 0.3 is 12.1 Å². The van der Waals surface area contributed by atoms with Crippen molar-refractivity contribution in [2.75, 3.05) is 25.5 Å². The van der Waals surface area contributed by atoms with E-state index in [2.05, 4.69) is 22.7 Å². The van der Waals surface area contributed by atoms with Crippen LogP contribution in [0.4, 0.5) is 4.79 Å². The average molecular weight is 307 g/mol. The molecule has 9 heteroatoms. The molecule has 0 fully saturated rings. The molecule has 0 aromatic rings. The van der Waals surface area contributed by atoms with Crippen molar-refractivity contribution in [2.45, 2.75) is 25.7 Å². The number of carbonyl (C=O) groups excluding carboxylic acids is 3. The zero-order chi connectivity index (χ0) is 15.2. The van der Waals surface area contributed by atoms with Crippen molar-refractivity contribution in [1.82, 2.24) is 10.7 Å². The number of nitrogens with one attached hydrogen (secondary N) is 2. The van der Waals surface area contributed by atoms with Crippen LogP contribution in [0, 0.1) is 0 Å². The molecule has 0 bridgehead atoms. The molecular weight excluding hydrogens is 286 g/mol. The fraction of sp³-hybridized carbons (Fsp3) is 0.727. The highest BCUT2D eigenvalue weighted by molar-refractivity contribution is 7.80. The van der Waals surface area contributed by atoms with Crippen molar-refractivity contribution in [3.63, 3.8) is 0 Å². The van der Waals surface area contributed by atoms with Gasteiger partial charge < -0.3 is 14.8 Å². The zero-order valence-electron chi connectivity index (χ0n) is 11.2. The number of amides is 2. The third kappa shape index (κ3) is 11.6. The molecule has 8 nitrogen and oxygen atoms in total. The first-order chi connectivity index (χ1) is 9.60. The maximum atomic E-state index is 11.3. The van der Waals surface area contributed by atoms with E-state index in [1.165, 1.54) is 0 Å². The lowest BCUT2D eigenvalue weighted by Gasteiger charge is -2.07. The van der Waals surface area contributed by atoms with Crippen LogP contribution in [-0.2, 0) is 19.1 Å². The Hall–Kier alpha value is -1.48. The highest BCUT2D eigenvalue weighted by Gasteiger charge is 2.07. The van der Waals surface area contributed by atoms with E-state index in [0.29, 0.717) is 6.42 Å². The molecule has 116 valence electrons. The predicted octanol–water partition coefficient (Wildman–Crippen LogP) is -0.264. The van der Waals surface area contributed by atoms with Gasteiger partial charge in [-0.15, -0.1) is 0 Å². The SMILES string of the molecule is NNC(=O)OCCNC(=O)COC(=O)CCCCCS. The van der Waals surface area contributed by atoms with Gasteiger partial charge in [-0.25, -0.2) is 10.6 Å². The third-order valence-corrected chi connectivity index (χ3v) is 2.49. The van der Waals surface area contributed by atoms with E-state index in [1.807, 2.05) is 0 Å². The maximum Gasteiger partial charge on any atom is 0.421 e. The second-order valence-corrected chi connectivity index (χ2v) is 4.27. The van der Waals surface area contributed by atoms with Crippen LogP contribution in [0.5, 0.6) is 0 Å². The molecular formula is C11H21N3O5S. The summed E-state index contributed by atoms with van der Waals surface area (Å²) in [4.78, 5) is 33.1. The Balaban J connectivity index is 3.47. The third-order valence-electron chi connectivity index (χ3n) is 2.18. The van der Waals surface area contributed by atoms with Crippen molar-refractivity contribution < 1.29 is 23.9 Å². The van der Waals surface area contributed by atoms with E-state index in [9.17, 15) is 14.4 Å². The molecule has 20 heavy (non-hydrogen) atoms. The Morgan fingerprint density at radius 3 is 2.50 bits per heavy atom. The summed E-state index contributed by atoms with van der Waals surface area (Å²) < 4.78 is 9.31. The first kappa shape index (κ1) is 18.5. The highest BCUT2D eigenvalue weighted by atomic mass is 32.1. The van der Waals surface area contributed by atoms with Gasteiger partial charge in [0.25, 0.3) is 5.91 Å². The Kier molecular flexibility index (Phi) is 11.6. The van der Waals surface area contributed by atoms with Gasteiger partial charge in [0.1, 0.15) is 6.61 Å². The van der Waals surface area contributed by atoms with Crippen LogP contribution in [0.2, 0.25) is 0 Å². The first-order valence-corrected chi connectivity index (χ1v) is 6.90. The molecule has 0 atom stereocenters. The zero-order valence-corrected chi connectivity index (χ0v) is 12.1. The molecule has 0 aliphatic heterocycles. The number of rotatable bonds is 10. The molecule has 4 N–H and O–H groups in total. The average Bonchev–Trinajstić information content (AvgIpc) is 2.45. The molecule has 0 rings (SSSR count). The summed E-state index contributed by atoms with van der Waals surface area (Å²) in [6.07, 6.45) is 2.09. The fourth-order valence-corrected chi connectivity index (χ4v) is 1.43. The van der Waals surface area contributed by atoms with Gasteiger partial charge in [-0.05, 0) is 18.6 Å². The van der Waals surface area contributed by atoms with E-state index in [-0.39, 0.29) is 19.8 Å². The van der Waals surface area contributed by atoms with Crippen LogP contribution >= 0.6 is 12.6 Å². The van der Waals surface area contributed by atoms with Gasteiger partial charge in [0.2, 0.25) is 0 Å². The monoisotopic (exact) mass is 307 g/mol. The molecule has 0 radical (unpaired) electrons. The summed E-state index contributed by atoms with van der Waals surface area (Å²) in [6.45, 7) is -0.243. The van der Waals surface area contributed by atoms with Crippen molar-refractivity contribution >= 4 is 30.6 Å². The fourth-order valence-electron chi connectivity index (χ4n) is 1.20. The number of hydrogen-bond donors (Lipinski definition) is 4. The number of hydrogen-bond acceptors (Lipinski definition) is 7. The van der Waals surface area contributed by atoms with Crippen LogP contribution in [0.15, 0.2) is 0 Å². The van der Waals surface area contributed by atoms with Crippen LogP contribution in [-0.4, -0.2) is 43.5 Å². The van der Waals surface area contributed by atoms with Crippen LogP contribution in [0.1, 0.15) is 25.7 Å². The van der Waals surface area contributed by atoms with Crippen molar-refractivity contribution in [2.24, 2.45) is 5.84 Å². The quantitative estimate of drug-likeness (QED) is 0.110. The summed E-state index contributed by atoms with van der Waals surface area (Å²) in [5, 5.41) is 2.42. The van der Waals surface area contributed by atoms with Gasteiger partial charge in [-0.2, -0.15) is 12.6 Å². The second kappa shape index (κ2) is 12.5. The van der Waals surface area contributed by atoms with E-state index in [4.69, 9.17) is 10.6 Å². The number of unbranched alkanes of at least 4 members (excludes halogenated alkanes) is 2. The lowest BCUT2D eigenvalue weighted by atomic mass is 10.2. The largest absolute Gasteiger partial charge is 0.456 e. The first-order valence-electron chi connectivity index (χ1n) is 6.26.